The van der Waals surface area contributed by atoms with E-state index in [1.807, 2.05) is 28.8 Å². The van der Waals surface area contributed by atoms with Crippen LogP contribution < -0.4 is 5.32 Å². The number of halogens is 2. The molecule has 2 aromatic heterocycles. The zero-order valence-corrected chi connectivity index (χ0v) is 16.9. The highest BCUT2D eigenvalue weighted by molar-refractivity contribution is 6.31. The van der Waals surface area contributed by atoms with Crippen LogP contribution in [0.1, 0.15) is 28.2 Å². The molecule has 2 aromatic carbocycles. The second-order valence-corrected chi connectivity index (χ2v) is 7.31. The normalized spacial score (nSPS) is 11.0. The summed E-state index contributed by atoms with van der Waals surface area (Å²) in [5.74, 6) is 0.355. The monoisotopic (exact) mass is 422 g/mol. The third-order valence-electron chi connectivity index (χ3n) is 4.92. The van der Waals surface area contributed by atoms with E-state index in [1.54, 1.807) is 36.7 Å². The number of hydrogen-bond donors (Lipinski definition) is 1. The van der Waals surface area contributed by atoms with Gasteiger partial charge in [-0.1, -0.05) is 29.8 Å². The lowest BCUT2D eigenvalue weighted by molar-refractivity contribution is 0.0953. The number of pyridine rings is 1. The van der Waals surface area contributed by atoms with Gasteiger partial charge in [-0.2, -0.15) is 0 Å². The Morgan fingerprint density at radius 1 is 1.07 bits per heavy atom. The van der Waals surface area contributed by atoms with E-state index in [0.717, 1.165) is 16.9 Å². The van der Waals surface area contributed by atoms with Crippen molar-refractivity contribution >= 4 is 28.5 Å². The number of para-hydroxylation sites is 2. The van der Waals surface area contributed by atoms with Gasteiger partial charge in [-0.15, -0.1) is 0 Å². The van der Waals surface area contributed by atoms with Crippen molar-refractivity contribution in [2.24, 2.45) is 0 Å². The number of imidazole rings is 1. The Balaban J connectivity index is 1.50. The first-order valence-corrected chi connectivity index (χ1v) is 10.1. The maximum atomic E-state index is 14.4. The highest BCUT2D eigenvalue weighted by Gasteiger charge is 2.15. The predicted octanol–water partition coefficient (Wildman–Crippen LogP) is 4.63. The molecule has 0 saturated heterocycles. The van der Waals surface area contributed by atoms with E-state index in [4.69, 9.17) is 16.6 Å². The predicted molar refractivity (Wildman–Crippen MR) is 115 cm³/mol. The van der Waals surface area contributed by atoms with E-state index < -0.39 is 0 Å². The van der Waals surface area contributed by atoms with Gasteiger partial charge in [0.2, 0.25) is 0 Å². The lowest BCUT2D eigenvalue weighted by Crippen LogP contribution is -2.25. The molecule has 0 atom stereocenters. The second-order valence-electron chi connectivity index (χ2n) is 6.90. The van der Waals surface area contributed by atoms with Gasteiger partial charge in [-0.3, -0.25) is 9.78 Å². The topological polar surface area (TPSA) is 59.8 Å². The third-order valence-corrected chi connectivity index (χ3v) is 5.27. The summed E-state index contributed by atoms with van der Waals surface area (Å²) in [6, 6.07) is 15.8. The first-order valence-electron chi connectivity index (χ1n) is 9.69. The molecule has 1 amide bonds. The Morgan fingerprint density at radius 3 is 2.67 bits per heavy atom. The number of benzene rings is 2. The van der Waals surface area contributed by atoms with Crippen LogP contribution >= 0.6 is 11.6 Å². The van der Waals surface area contributed by atoms with Crippen LogP contribution in [0, 0.1) is 5.82 Å². The molecular weight excluding hydrogens is 403 g/mol. The van der Waals surface area contributed by atoms with Crippen LogP contribution in [-0.4, -0.2) is 27.0 Å². The van der Waals surface area contributed by atoms with Gasteiger partial charge in [-0.25, -0.2) is 9.37 Å². The Bertz CT molecular complexity index is 1160. The Morgan fingerprint density at radius 2 is 1.87 bits per heavy atom. The number of aromatic nitrogens is 3. The Kier molecular flexibility index (Phi) is 6.05. The van der Waals surface area contributed by atoms with E-state index in [-0.39, 0.29) is 11.7 Å². The zero-order valence-electron chi connectivity index (χ0n) is 16.2. The molecule has 0 aliphatic carbocycles. The van der Waals surface area contributed by atoms with Crippen LogP contribution in [0.5, 0.6) is 0 Å². The van der Waals surface area contributed by atoms with E-state index in [2.05, 4.69) is 10.3 Å². The number of carbonyl (C=O) groups is 1. The van der Waals surface area contributed by atoms with Crippen molar-refractivity contribution in [2.45, 2.75) is 19.4 Å². The molecule has 4 rings (SSSR count). The van der Waals surface area contributed by atoms with Crippen LogP contribution in [0.2, 0.25) is 5.02 Å². The molecule has 0 saturated carbocycles. The van der Waals surface area contributed by atoms with Gasteiger partial charge in [0.1, 0.15) is 11.6 Å². The van der Waals surface area contributed by atoms with Gasteiger partial charge in [0, 0.05) is 41.5 Å². The average molecular weight is 423 g/mol. The Labute approximate surface area is 178 Å². The molecule has 7 heteroatoms. The van der Waals surface area contributed by atoms with Gasteiger partial charge in [0.05, 0.1) is 17.6 Å². The summed E-state index contributed by atoms with van der Waals surface area (Å²) in [4.78, 5) is 20.8. The van der Waals surface area contributed by atoms with Crippen molar-refractivity contribution in [3.63, 3.8) is 0 Å². The highest BCUT2D eigenvalue weighted by atomic mass is 35.5. The maximum Gasteiger partial charge on any atom is 0.251 e. The number of rotatable bonds is 7. The summed E-state index contributed by atoms with van der Waals surface area (Å²) in [6.45, 7) is 0.801. The van der Waals surface area contributed by atoms with E-state index >= 15 is 0 Å². The maximum absolute atomic E-state index is 14.4. The van der Waals surface area contributed by atoms with Gasteiger partial charge in [0.25, 0.3) is 5.91 Å². The molecule has 0 unspecified atom stereocenters. The van der Waals surface area contributed by atoms with Crippen LogP contribution in [0.4, 0.5) is 4.39 Å². The molecule has 1 N–H and O–H groups in total. The minimum absolute atomic E-state index is 0.135. The van der Waals surface area contributed by atoms with Crippen molar-refractivity contribution in [1.29, 1.82) is 0 Å². The lowest BCUT2D eigenvalue weighted by atomic mass is 10.2. The molecular formula is C23H20ClFN4O. The standard InChI is InChI=1S/C23H20ClFN4O/c24-18-5-3-6-19(25)17(18)15-29-21-8-2-1-7-20(21)28-22(29)9-4-12-27-23(30)16-10-13-26-14-11-16/h1-3,5-8,10-11,13-14H,4,9,12,15H2,(H,27,30). The van der Waals surface area contributed by atoms with Gasteiger partial charge >= 0.3 is 0 Å². The molecule has 5 nitrogen and oxygen atoms in total. The van der Waals surface area contributed by atoms with Crippen molar-refractivity contribution in [1.82, 2.24) is 19.9 Å². The molecule has 0 spiro atoms. The summed E-state index contributed by atoms with van der Waals surface area (Å²) in [6.07, 6.45) is 4.51. The smallest absolute Gasteiger partial charge is 0.251 e. The summed E-state index contributed by atoms with van der Waals surface area (Å²) >= 11 is 6.24. The molecule has 152 valence electrons. The van der Waals surface area contributed by atoms with E-state index in [9.17, 15) is 9.18 Å². The number of nitrogens with zero attached hydrogens (tertiary/aromatic N) is 3. The highest BCUT2D eigenvalue weighted by Crippen LogP contribution is 2.24. The number of nitrogens with one attached hydrogen (secondary N) is 1. The molecule has 2 heterocycles. The van der Waals surface area contributed by atoms with E-state index in [1.165, 1.54) is 6.07 Å². The third kappa shape index (κ3) is 4.33. The second kappa shape index (κ2) is 9.05. The number of hydrogen-bond acceptors (Lipinski definition) is 3. The van der Waals surface area contributed by atoms with Gasteiger partial charge in [0.15, 0.2) is 0 Å². The number of fused-ring (bicyclic) bond motifs is 1. The SMILES string of the molecule is O=C(NCCCc1nc2ccccc2n1Cc1c(F)cccc1Cl)c1ccncc1. The number of aryl methyl sites for hydroxylation is 1. The molecule has 0 bridgehead atoms. The molecule has 0 aliphatic rings. The van der Waals surface area contributed by atoms with Crippen molar-refractivity contribution < 1.29 is 9.18 Å². The minimum Gasteiger partial charge on any atom is -0.352 e. The first kappa shape index (κ1) is 20.0. The lowest BCUT2D eigenvalue weighted by Gasteiger charge is -2.12. The molecule has 0 aliphatic heterocycles. The fraction of sp³-hybridized carbons (Fsp3) is 0.174. The first-order chi connectivity index (χ1) is 14.6. The molecule has 0 fully saturated rings. The van der Waals surface area contributed by atoms with Crippen LogP contribution in [0.15, 0.2) is 67.0 Å². The number of carbonyl (C=O) groups excluding carboxylic acids is 1. The quantitative estimate of drug-likeness (QED) is 0.441. The summed E-state index contributed by atoms with van der Waals surface area (Å²) in [5.41, 5.74) is 2.79. The van der Waals surface area contributed by atoms with Crippen molar-refractivity contribution in [3.05, 3.63) is 94.8 Å². The van der Waals surface area contributed by atoms with Gasteiger partial charge < -0.3 is 9.88 Å². The fourth-order valence-corrected chi connectivity index (χ4v) is 3.61. The number of amides is 1. The molecule has 30 heavy (non-hydrogen) atoms. The minimum atomic E-state index is -0.337. The van der Waals surface area contributed by atoms with Crippen molar-refractivity contribution in [2.75, 3.05) is 6.54 Å². The zero-order chi connectivity index (χ0) is 20.9. The van der Waals surface area contributed by atoms with Gasteiger partial charge in [-0.05, 0) is 42.8 Å². The van der Waals surface area contributed by atoms with Crippen LogP contribution in [-0.2, 0) is 13.0 Å². The summed E-state index contributed by atoms with van der Waals surface area (Å²) in [5, 5.41) is 3.30. The molecule has 0 radical (unpaired) electrons. The van der Waals surface area contributed by atoms with Crippen LogP contribution in [0.3, 0.4) is 0 Å². The van der Waals surface area contributed by atoms with Crippen LogP contribution in [0.25, 0.3) is 11.0 Å². The summed E-state index contributed by atoms with van der Waals surface area (Å²) < 4.78 is 16.4. The molecule has 4 aromatic rings. The largest absolute Gasteiger partial charge is 0.352 e. The van der Waals surface area contributed by atoms with Crippen molar-refractivity contribution in [3.8, 4) is 0 Å². The Hall–Kier alpha value is -3.25. The average Bonchev–Trinajstić information content (AvgIpc) is 3.11. The fourth-order valence-electron chi connectivity index (χ4n) is 3.39. The van der Waals surface area contributed by atoms with E-state index in [0.29, 0.717) is 42.1 Å². The summed E-state index contributed by atoms with van der Waals surface area (Å²) in [7, 11) is 0.